The molecule has 3 N–H and O–H groups in total. The van der Waals surface area contributed by atoms with Gasteiger partial charge in [-0.15, -0.1) is 12.4 Å². The van der Waals surface area contributed by atoms with Gasteiger partial charge in [-0.05, 0) is 25.1 Å². The Morgan fingerprint density at radius 2 is 1.89 bits per heavy atom. The summed E-state index contributed by atoms with van der Waals surface area (Å²) >= 11 is 0. The van der Waals surface area contributed by atoms with Crippen molar-refractivity contribution >= 4 is 33.8 Å². The highest BCUT2D eigenvalue weighted by Gasteiger charge is 2.17. The van der Waals surface area contributed by atoms with Crippen molar-refractivity contribution in [3.8, 4) is 0 Å². The molecule has 2 atom stereocenters. The van der Waals surface area contributed by atoms with Crippen molar-refractivity contribution in [2.45, 2.75) is 24.8 Å². The first kappa shape index (κ1) is 17.9. The van der Waals surface area contributed by atoms with Crippen molar-refractivity contribution in [2.24, 2.45) is 11.7 Å². The van der Waals surface area contributed by atoms with Crippen molar-refractivity contribution in [3.05, 3.63) is 24.3 Å². The van der Waals surface area contributed by atoms with Gasteiger partial charge in [0.25, 0.3) is 0 Å². The van der Waals surface area contributed by atoms with E-state index >= 15 is 0 Å². The van der Waals surface area contributed by atoms with E-state index in [9.17, 15) is 13.2 Å². The van der Waals surface area contributed by atoms with E-state index in [1.54, 1.807) is 26.0 Å². The van der Waals surface area contributed by atoms with Crippen LogP contribution in [0.3, 0.4) is 0 Å². The highest BCUT2D eigenvalue weighted by atomic mass is 35.5. The summed E-state index contributed by atoms with van der Waals surface area (Å²) in [5.74, 6) is -0.567. The van der Waals surface area contributed by atoms with Gasteiger partial charge in [0.2, 0.25) is 5.91 Å². The number of rotatable bonds is 4. The average molecular weight is 307 g/mol. The average Bonchev–Trinajstić information content (AvgIpc) is 2.27. The molecule has 108 valence electrons. The lowest BCUT2D eigenvalue weighted by Gasteiger charge is -2.15. The number of carbonyl (C=O) groups is 1. The first-order valence-corrected chi connectivity index (χ1v) is 7.47. The Bertz CT molecular complexity index is 544. The van der Waals surface area contributed by atoms with Crippen LogP contribution in [0.5, 0.6) is 0 Å². The zero-order valence-electron chi connectivity index (χ0n) is 11.1. The summed E-state index contributed by atoms with van der Waals surface area (Å²) in [6, 6.07) is 5.88. The highest BCUT2D eigenvalue weighted by molar-refractivity contribution is 7.90. The van der Waals surface area contributed by atoms with E-state index in [2.05, 4.69) is 5.32 Å². The molecule has 1 rings (SSSR count). The van der Waals surface area contributed by atoms with Crippen LogP contribution in [-0.4, -0.2) is 26.6 Å². The lowest BCUT2D eigenvalue weighted by Crippen LogP contribution is -2.34. The number of hydrogen-bond acceptors (Lipinski definition) is 4. The number of amides is 1. The normalized spacial score (nSPS) is 14.1. The summed E-state index contributed by atoms with van der Waals surface area (Å²) in [4.78, 5) is 11.9. The molecule has 1 aromatic carbocycles. The first-order valence-electron chi connectivity index (χ1n) is 5.58. The van der Waals surface area contributed by atoms with Gasteiger partial charge in [0.05, 0.1) is 10.8 Å². The van der Waals surface area contributed by atoms with E-state index in [0.29, 0.717) is 5.69 Å². The number of hydrogen-bond donors (Lipinski definition) is 2. The van der Waals surface area contributed by atoms with E-state index in [-0.39, 0.29) is 35.2 Å². The standard InChI is InChI=1S/C12H18N2O3S.ClH/c1-8(9(2)13)12(15)14-10-5-4-6-11(7-10)18(3,16)17;/h4-9H,13H2,1-3H3,(H,14,15);1H. The fourth-order valence-corrected chi connectivity index (χ4v) is 1.97. The predicted octanol–water partition coefficient (Wildman–Crippen LogP) is 1.43. The number of nitrogens with two attached hydrogens (primary N) is 1. The van der Waals surface area contributed by atoms with Gasteiger partial charge < -0.3 is 11.1 Å². The number of halogens is 1. The van der Waals surface area contributed by atoms with Crippen LogP contribution in [-0.2, 0) is 14.6 Å². The maximum Gasteiger partial charge on any atom is 0.228 e. The largest absolute Gasteiger partial charge is 0.327 e. The van der Waals surface area contributed by atoms with E-state index < -0.39 is 9.84 Å². The molecule has 0 aliphatic carbocycles. The molecular formula is C12H19ClN2O3S. The number of nitrogens with one attached hydrogen (secondary N) is 1. The number of anilines is 1. The molecule has 0 saturated carbocycles. The molecule has 2 unspecified atom stereocenters. The lowest BCUT2D eigenvalue weighted by atomic mass is 10.0. The van der Waals surface area contributed by atoms with Gasteiger partial charge in [-0.1, -0.05) is 13.0 Å². The minimum Gasteiger partial charge on any atom is -0.327 e. The molecule has 0 spiro atoms. The number of sulfone groups is 1. The van der Waals surface area contributed by atoms with Gasteiger partial charge in [-0.2, -0.15) is 0 Å². The quantitative estimate of drug-likeness (QED) is 0.880. The van der Waals surface area contributed by atoms with Crippen molar-refractivity contribution < 1.29 is 13.2 Å². The van der Waals surface area contributed by atoms with Crippen LogP contribution in [0.2, 0.25) is 0 Å². The third kappa shape index (κ3) is 5.18. The van der Waals surface area contributed by atoms with Crippen molar-refractivity contribution in [1.82, 2.24) is 0 Å². The van der Waals surface area contributed by atoms with Crippen LogP contribution in [0.4, 0.5) is 5.69 Å². The van der Waals surface area contributed by atoms with Gasteiger partial charge in [-0.25, -0.2) is 8.42 Å². The maximum absolute atomic E-state index is 11.8. The molecule has 0 aliphatic rings. The summed E-state index contributed by atoms with van der Waals surface area (Å²) in [5, 5.41) is 2.65. The van der Waals surface area contributed by atoms with E-state index in [1.165, 1.54) is 12.1 Å². The van der Waals surface area contributed by atoms with Gasteiger partial charge >= 0.3 is 0 Å². The van der Waals surface area contributed by atoms with Crippen LogP contribution in [0.1, 0.15) is 13.8 Å². The van der Waals surface area contributed by atoms with Crippen LogP contribution in [0.15, 0.2) is 29.2 Å². The monoisotopic (exact) mass is 306 g/mol. The Hall–Kier alpha value is -1.11. The molecule has 0 bridgehead atoms. The second-order valence-corrected chi connectivity index (χ2v) is 6.45. The summed E-state index contributed by atoms with van der Waals surface area (Å²) < 4.78 is 22.8. The summed E-state index contributed by atoms with van der Waals surface area (Å²) in [6.45, 7) is 3.47. The smallest absolute Gasteiger partial charge is 0.228 e. The van der Waals surface area contributed by atoms with Crippen LogP contribution < -0.4 is 11.1 Å². The molecule has 1 aromatic rings. The first-order chi connectivity index (χ1) is 8.21. The van der Waals surface area contributed by atoms with Crippen molar-refractivity contribution in [1.29, 1.82) is 0 Å². The molecular weight excluding hydrogens is 288 g/mol. The van der Waals surface area contributed by atoms with Gasteiger partial charge in [0.15, 0.2) is 9.84 Å². The van der Waals surface area contributed by atoms with Gasteiger partial charge in [0, 0.05) is 18.0 Å². The molecule has 1 amide bonds. The van der Waals surface area contributed by atoms with Gasteiger partial charge in [-0.3, -0.25) is 4.79 Å². The van der Waals surface area contributed by atoms with E-state index in [1.807, 2.05) is 0 Å². The Balaban J connectivity index is 0.00000324. The Kier molecular flexibility index (Phi) is 6.48. The summed E-state index contributed by atoms with van der Waals surface area (Å²) in [5.41, 5.74) is 6.09. The summed E-state index contributed by atoms with van der Waals surface area (Å²) in [7, 11) is -3.27. The molecule has 0 aliphatic heterocycles. The third-order valence-corrected chi connectivity index (χ3v) is 3.84. The van der Waals surface area contributed by atoms with E-state index in [0.717, 1.165) is 6.26 Å². The third-order valence-electron chi connectivity index (χ3n) is 2.73. The van der Waals surface area contributed by atoms with Crippen molar-refractivity contribution in [3.63, 3.8) is 0 Å². The minimum absolute atomic E-state index is 0. The zero-order chi connectivity index (χ0) is 13.9. The lowest BCUT2D eigenvalue weighted by molar-refractivity contribution is -0.119. The molecule has 19 heavy (non-hydrogen) atoms. The molecule has 5 nitrogen and oxygen atoms in total. The fraction of sp³-hybridized carbons (Fsp3) is 0.417. The topological polar surface area (TPSA) is 89.3 Å². The van der Waals surface area contributed by atoms with Crippen LogP contribution >= 0.6 is 12.4 Å². The van der Waals surface area contributed by atoms with Crippen LogP contribution in [0, 0.1) is 5.92 Å². The number of carbonyl (C=O) groups excluding carboxylic acids is 1. The maximum atomic E-state index is 11.8. The number of benzene rings is 1. The molecule has 0 fully saturated rings. The molecule has 0 heterocycles. The second-order valence-electron chi connectivity index (χ2n) is 4.44. The Morgan fingerprint density at radius 1 is 1.32 bits per heavy atom. The second kappa shape index (κ2) is 6.88. The summed E-state index contributed by atoms with van der Waals surface area (Å²) in [6.07, 6.45) is 1.12. The molecule has 7 heteroatoms. The van der Waals surface area contributed by atoms with E-state index in [4.69, 9.17) is 5.73 Å². The SMILES string of the molecule is CC(N)C(C)C(=O)Nc1cccc(S(C)(=O)=O)c1.Cl. The Morgan fingerprint density at radius 3 is 2.37 bits per heavy atom. The van der Waals surface area contributed by atoms with Crippen LogP contribution in [0.25, 0.3) is 0 Å². The fourth-order valence-electron chi connectivity index (χ4n) is 1.30. The highest BCUT2D eigenvalue weighted by Crippen LogP contribution is 2.16. The predicted molar refractivity (Wildman–Crippen MR) is 78.2 cm³/mol. The molecule has 0 radical (unpaired) electrons. The van der Waals surface area contributed by atoms with Crippen molar-refractivity contribution in [2.75, 3.05) is 11.6 Å². The van der Waals surface area contributed by atoms with Gasteiger partial charge in [0.1, 0.15) is 0 Å². The molecule has 0 aromatic heterocycles. The molecule has 0 saturated heterocycles. The zero-order valence-corrected chi connectivity index (χ0v) is 12.7. The minimum atomic E-state index is -3.27. The Labute approximate surface area is 119 Å².